The largest absolute Gasteiger partial charge is 0.366 e. The average Bonchev–Trinajstić information content (AvgIpc) is 2.68. The zero-order valence-corrected chi connectivity index (χ0v) is 10.1. The smallest absolute Gasteiger partial charge is 0.240 e. The summed E-state index contributed by atoms with van der Waals surface area (Å²) in [4.78, 5) is 4.02. The number of nitrogens with two attached hydrogens (primary N) is 1. The molecular weight excluding hydrogens is 255 g/mol. The fourth-order valence-electron chi connectivity index (χ4n) is 1.74. The van der Waals surface area contributed by atoms with E-state index in [1.54, 1.807) is 22.8 Å². The van der Waals surface area contributed by atoms with Gasteiger partial charge in [-0.3, -0.25) is 0 Å². The molecular formula is C12H10ClFN4. The molecule has 0 saturated heterocycles. The summed E-state index contributed by atoms with van der Waals surface area (Å²) in [7, 11) is 0. The first-order valence-electron chi connectivity index (χ1n) is 5.10. The summed E-state index contributed by atoms with van der Waals surface area (Å²) in [5.41, 5.74) is 7.82. The van der Waals surface area contributed by atoms with Crippen molar-refractivity contribution in [2.75, 3.05) is 5.73 Å². The molecule has 2 aromatic heterocycles. The van der Waals surface area contributed by atoms with Crippen molar-refractivity contribution in [3.8, 4) is 11.1 Å². The van der Waals surface area contributed by atoms with Gasteiger partial charge in [0.2, 0.25) is 5.95 Å². The lowest BCUT2D eigenvalue weighted by atomic mass is 10.1. The van der Waals surface area contributed by atoms with Gasteiger partial charge >= 0.3 is 0 Å². The van der Waals surface area contributed by atoms with Crippen molar-refractivity contribution in [3.05, 3.63) is 48.4 Å². The summed E-state index contributed by atoms with van der Waals surface area (Å²) in [5, 5.41) is 4.01. The molecule has 2 heterocycles. The number of rotatable bonds is 1. The fourth-order valence-corrected chi connectivity index (χ4v) is 1.74. The standard InChI is InChI=1S/C12H9FN4.ClH/c13-10-3-1-2-8(6-10)9-4-5-11-15-12(14)16-17(11)7-9;/h1-7H,(H2,14,16);1H. The van der Waals surface area contributed by atoms with Gasteiger partial charge in [0.1, 0.15) is 5.82 Å². The zero-order chi connectivity index (χ0) is 11.8. The number of aromatic nitrogens is 3. The molecule has 3 aromatic rings. The molecule has 0 atom stereocenters. The number of halogens is 2. The summed E-state index contributed by atoms with van der Waals surface area (Å²) >= 11 is 0. The van der Waals surface area contributed by atoms with Crippen LogP contribution in [0.2, 0.25) is 0 Å². The summed E-state index contributed by atoms with van der Waals surface area (Å²) in [6, 6.07) is 10.0. The third-order valence-corrected chi connectivity index (χ3v) is 2.51. The number of nitrogen functional groups attached to an aromatic ring is 1. The van der Waals surface area contributed by atoms with Gasteiger partial charge in [0.25, 0.3) is 0 Å². The number of pyridine rings is 1. The highest BCUT2D eigenvalue weighted by atomic mass is 35.5. The van der Waals surface area contributed by atoms with E-state index >= 15 is 0 Å². The number of hydrogen-bond donors (Lipinski definition) is 1. The Hall–Kier alpha value is -2.14. The number of anilines is 1. The van der Waals surface area contributed by atoms with Crippen LogP contribution in [-0.2, 0) is 0 Å². The van der Waals surface area contributed by atoms with Gasteiger partial charge in [-0.15, -0.1) is 17.5 Å². The third-order valence-electron chi connectivity index (χ3n) is 2.51. The molecule has 0 aliphatic heterocycles. The van der Waals surface area contributed by atoms with Gasteiger partial charge in [-0.1, -0.05) is 12.1 Å². The normalized spacial score (nSPS) is 10.3. The molecule has 3 rings (SSSR count). The maximum atomic E-state index is 13.1. The van der Waals surface area contributed by atoms with E-state index in [4.69, 9.17) is 5.73 Å². The van der Waals surface area contributed by atoms with E-state index in [1.165, 1.54) is 12.1 Å². The Morgan fingerprint density at radius 3 is 2.72 bits per heavy atom. The van der Waals surface area contributed by atoms with Crippen molar-refractivity contribution >= 4 is 24.0 Å². The lowest BCUT2D eigenvalue weighted by molar-refractivity contribution is 0.628. The lowest BCUT2D eigenvalue weighted by Gasteiger charge is -2.01. The van der Waals surface area contributed by atoms with Crippen LogP contribution >= 0.6 is 12.4 Å². The Labute approximate surface area is 109 Å². The number of benzene rings is 1. The minimum Gasteiger partial charge on any atom is -0.366 e. The monoisotopic (exact) mass is 264 g/mol. The van der Waals surface area contributed by atoms with Gasteiger partial charge < -0.3 is 5.73 Å². The molecule has 0 bridgehead atoms. The molecule has 1 aromatic carbocycles. The quantitative estimate of drug-likeness (QED) is 0.735. The Kier molecular flexibility index (Phi) is 3.16. The molecule has 0 aliphatic rings. The van der Waals surface area contributed by atoms with Gasteiger partial charge in [-0.25, -0.2) is 8.91 Å². The number of fused-ring (bicyclic) bond motifs is 1. The van der Waals surface area contributed by atoms with E-state index in [0.29, 0.717) is 5.65 Å². The molecule has 2 N–H and O–H groups in total. The highest BCUT2D eigenvalue weighted by Crippen LogP contribution is 2.20. The van der Waals surface area contributed by atoms with Crippen molar-refractivity contribution < 1.29 is 4.39 Å². The molecule has 0 spiro atoms. The maximum Gasteiger partial charge on any atom is 0.240 e. The van der Waals surface area contributed by atoms with Crippen LogP contribution in [-0.4, -0.2) is 14.6 Å². The van der Waals surface area contributed by atoms with Crippen LogP contribution < -0.4 is 5.73 Å². The fraction of sp³-hybridized carbons (Fsp3) is 0. The van der Waals surface area contributed by atoms with E-state index in [1.807, 2.05) is 12.1 Å². The van der Waals surface area contributed by atoms with Gasteiger partial charge in [-0.2, -0.15) is 4.98 Å². The molecule has 92 valence electrons. The lowest BCUT2D eigenvalue weighted by Crippen LogP contribution is -1.90. The Morgan fingerprint density at radius 1 is 1.11 bits per heavy atom. The Bertz CT molecular complexity index is 695. The first-order valence-corrected chi connectivity index (χ1v) is 5.10. The van der Waals surface area contributed by atoms with Crippen LogP contribution in [0, 0.1) is 5.82 Å². The van der Waals surface area contributed by atoms with Gasteiger partial charge in [0.05, 0.1) is 0 Å². The first-order chi connectivity index (χ1) is 8.22. The molecule has 0 aliphatic carbocycles. The van der Waals surface area contributed by atoms with Gasteiger partial charge in [0, 0.05) is 11.8 Å². The molecule has 0 unspecified atom stereocenters. The second kappa shape index (κ2) is 4.62. The zero-order valence-electron chi connectivity index (χ0n) is 9.25. The molecule has 0 saturated carbocycles. The molecule has 0 amide bonds. The molecule has 4 nitrogen and oxygen atoms in total. The Balaban J connectivity index is 0.00000120. The minimum atomic E-state index is -0.263. The number of hydrogen-bond acceptors (Lipinski definition) is 3. The second-order valence-electron chi connectivity index (χ2n) is 3.70. The third kappa shape index (κ3) is 2.12. The van der Waals surface area contributed by atoms with Gasteiger partial charge in [-0.05, 0) is 29.8 Å². The average molecular weight is 265 g/mol. The maximum absolute atomic E-state index is 13.1. The van der Waals surface area contributed by atoms with E-state index in [2.05, 4.69) is 10.1 Å². The highest BCUT2D eigenvalue weighted by Gasteiger charge is 2.03. The van der Waals surface area contributed by atoms with Crippen molar-refractivity contribution in [1.82, 2.24) is 14.6 Å². The van der Waals surface area contributed by atoms with Crippen molar-refractivity contribution in [3.63, 3.8) is 0 Å². The molecule has 6 heteroatoms. The minimum absolute atomic E-state index is 0. The predicted molar refractivity (Wildman–Crippen MR) is 70.0 cm³/mol. The van der Waals surface area contributed by atoms with Gasteiger partial charge in [0.15, 0.2) is 5.65 Å². The summed E-state index contributed by atoms with van der Waals surface area (Å²) in [5.74, 6) is -0.0397. The summed E-state index contributed by atoms with van der Waals surface area (Å²) in [6.45, 7) is 0. The SMILES string of the molecule is Cl.Nc1nc2ccc(-c3cccc(F)c3)cn2n1. The van der Waals surface area contributed by atoms with Crippen LogP contribution in [0.5, 0.6) is 0 Å². The predicted octanol–water partition coefficient (Wildman–Crippen LogP) is 2.54. The van der Waals surface area contributed by atoms with Crippen LogP contribution in [0.3, 0.4) is 0 Å². The summed E-state index contributed by atoms with van der Waals surface area (Å²) in [6.07, 6.45) is 1.77. The van der Waals surface area contributed by atoms with Crippen LogP contribution in [0.15, 0.2) is 42.6 Å². The van der Waals surface area contributed by atoms with E-state index in [0.717, 1.165) is 11.1 Å². The Morgan fingerprint density at radius 2 is 1.94 bits per heavy atom. The van der Waals surface area contributed by atoms with Crippen molar-refractivity contribution in [2.24, 2.45) is 0 Å². The molecule has 0 fully saturated rings. The van der Waals surface area contributed by atoms with Crippen LogP contribution in [0.4, 0.5) is 10.3 Å². The van der Waals surface area contributed by atoms with Crippen LogP contribution in [0.25, 0.3) is 16.8 Å². The molecule has 18 heavy (non-hydrogen) atoms. The number of nitrogens with zero attached hydrogens (tertiary/aromatic N) is 3. The topological polar surface area (TPSA) is 56.2 Å². The summed E-state index contributed by atoms with van der Waals surface area (Å²) < 4.78 is 14.7. The van der Waals surface area contributed by atoms with E-state index in [9.17, 15) is 4.39 Å². The van der Waals surface area contributed by atoms with E-state index in [-0.39, 0.29) is 24.2 Å². The van der Waals surface area contributed by atoms with Crippen molar-refractivity contribution in [2.45, 2.75) is 0 Å². The highest BCUT2D eigenvalue weighted by molar-refractivity contribution is 5.85. The van der Waals surface area contributed by atoms with Crippen LogP contribution in [0.1, 0.15) is 0 Å². The second-order valence-corrected chi connectivity index (χ2v) is 3.70. The molecule has 0 radical (unpaired) electrons. The van der Waals surface area contributed by atoms with E-state index < -0.39 is 0 Å². The van der Waals surface area contributed by atoms with Crippen molar-refractivity contribution in [1.29, 1.82) is 0 Å². The first kappa shape index (κ1) is 12.3.